The molecule has 18 heavy (non-hydrogen) atoms. The van der Waals surface area contributed by atoms with Crippen molar-refractivity contribution in [2.45, 2.75) is 19.8 Å². The van der Waals surface area contributed by atoms with Crippen LogP contribution in [-0.4, -0.2) is 29.6 Å². The Bertz CT molecular complexity index is 493. The van der Waals surface area contributed by atoms with Gasteiger partial charge in [-0.15, -0.1) is 0 Å². The topological polar surface area (TPSA) is 55.0 Å². The van der Waals surface area contributed by atoms with E-state index in [1.165, 1.54) is 0 Å². The Morgan fingerprint density at radius 2 is 2.00 bits per heavy atom. The predicted molar refractivity (Wildman–Crippen MR) is 75.7 cm³/mol. The maximum absolute atomic E-state index is 5.60. The van der Waals surface area contributed by atoms with E-state index in [-0.39, 0.29) is 0 Å². The summed E-state index contributed by atoms with van der Waals surface area (Å²) in [6, 6.07) is 8.13. The summed E-state index contributed by atoms with van der Waals surface area (Å²) in [6.07, 6.45) is 3.73. The molecule has 4 nitrogen and oxygen atoms in total. The van der Waals surface area contributed by atoms with E-state index in [0.717, 1.165) is 42.7 Å². The van der Waals surface area contributed by atoms with E-state index in [0.29, 0.717) is 6.54 Å². The van der Waals surface area contributed by atoms with Gasteiger partial charge >= 0.3 is 0 Å². The Labute approximate surface area is 108 Å². The molecule has 2 N–H and O–H groups in total. The Kier molecular flexibility index (Phi) is 4.47. The zero-order valence-corrected chi connectivity index (χ0v) is 10.8. The number of fused-ring (bicyclic) bond motifs is 1. The molecule has 0 spiro atoms. The fourth-order valence-corrected chi connectivity index (χ4v) is 2.12. The quantitative estimate of drug-likeness (QED) is 0.846. The highest BCUT2D eigenvalue weighted by molar-refractivity contribution is 5.89. The summed E-state index contributed by atoms with van der Waals surface area (Å²) < 4.78 is 0. The molecule has 0 unspecified atom stereocenters. The van der Waals surface area contributed by atoms with Gasteiger partial charge in [-0.1, -0.05) is 19.1 Å². The van der Waals surface area contributed by atoms with Crippen LogP contribution in [0.3, 0.4) is 0 Å². The van der Waals surface area contributed by atoms with E-state index in [2.05, 4.69) is 27.9 Å². The van der Waals surface area contributed by atoms with E-state index in [1.807, 2.05) is 18.2 Å². The monoisotopic (exact) mass is 244 g/mol. The van der Waals surface area contributed by atoms with Crippen LogP contribution in [-0.2, 0) is 0 Å². The molecule has 0 fully saturated rings. The summed E-state index contributed by atoms with van der Waals surface area (Å²) in [5.41, 5.74) is 6.60. The van der Waals surface area contributed by atoms with Crippen LogP contribution in [0.15, 0.2) is 30.6 Å². The fraction of sp³-hybridized carbons (Fsp3) is 0.429. The largest absolute Gasteiger partial charge is 0.356 e. The van der Waals surface area contributed by atoms with Gasteiger partial charge in [-0.2, -0.15) is 0 Å². The smallest absolute Gasteiger partial charge is 0.139 e. The zero-order chi connectivity index (χ0) is 12.8. The maximum Gasteiger partial charge on any atom is 0.139 e. The van der Waals surface area contributed by atoms with Crippen molar-refractivity contribution in [3.8, 4) is 0 Å². The van der Waals surface area contributed by atoms with E-state index in [9.17, 15) is 0 Å². The van der Waals surface area contributed by atoms with Crippen molar-refractivity contribution in [2.24, 2.45) is 5.73 Å². The lowest BCUT2D eigenvalue weighted by Gasteiger charge is -2.24. The minimum Gasteiger partial charge on any atom is -0.356 e. The number of hydrogen-bond acceptors (Lipinski definition) is 4. The van der Waals surface area contributed by atoms with Gasteiger partial charge in [0.25, 0.3) is 0 Å². The van der Waals surface area contributed by atoms with Crippen LogP contribution in [0.4, 0.5) is 5.82 Å². The Morgan fingerprint density at radius 1 is 1.17 bits per heavy atom. The Morgan fingerprint density at radius 3 is 2.78 bits per heavy atom. The van der Waals surface area contributed by atoms with E-state index in [4.69, 9.17) is 5.73 Å². The van der Waals surface area contributed by atoms with Crippen LogP contribution in [0.1, 0.15) is 19.8 Å². The van der Waals surface area contributed by atoms with Crippen LogP contribution < -0.4 is 10.6 Å². The molecule has 4 heteroatoms. The lowest BCUT2D eigenvalue weighted by molar-refractivity contribution is 0.713. The lowest BCUT2D eigenvalue weighted by Crippen LogP contribution is -2.28. The highest BCUT2D eigenvalue weighted by Gasteiger charge is 2.10. The van der Waals surface area contributed by atoms with Gasteiger partial charge in [0.2, 0.25) is 0 Å². The fourth-order valence-electron chi connectivity index (χ4n) is 2.12. The highest BCUT2D eigenvalue weighted by atomic mass is 15.2. The first-order valence-electron chi connectivity index (χ1n) is 6.51. The number of anilines is 1. The van der Waals surface area contributed by atoms with Gasteiger partial charge in [0.1, 0.15) is 12.1 Å². The van der Waals surface area contributed by atoms with E-state index < -0.39 is 0 Å². The second-order valence-electron chi connectivity index (χ2n) is 4.34. The molecule has 0 radical (unpaired) electrons. The van der Waals surface area contributed by atoms with Crippen molar-refractivity contribution in [2.75, 3.05) is 24.5 Å². The lowest BCUT2D eigenvalue weighted by atomic mass is 10.2. The molecule has 1 aromatic heterocycles. The third kappa shape index (κ3) is 2.76. The average Bonchev–Trinajstić information content (AvgIpc) is 2.43. The second-order valence-corrected chi connectivity index (χ2v) is 4.34. The van der Waals surface area contributed by atoms with E-state index in [1.54, 1.807) is 6.33 Å². The predicted octanol–water partition coefficient (Wildman–Crippen LogP) is 2.19. The number of hydrogen-bond donors (Lipinski definition) is 1. The van der Waals surface area contributed by atoms with Crippen molar-refractivity contribution in [1.82, 2.24) is 9.97 Å². The van der Waals surface area contributed by atoms with Gasteiger partial charge in [0.15, 0.2) is 0 Å². The number of nitrogens with zero attached hydrogens (tertiary/aromatic N) is 3. The summed E-state index contributed by atoms with van der Waals surface area (Å²) >= 11 is 0. The van der Waals surface area contributed by atoms with Crippen molar-refractivity contribution in [3.63, 3.8) is 0 Å². The van der Waals surface area contributed by atoms with Crippen molar-refractivity contribution < 1.29 is 0 Å². The molecule has 1 aromatic carbocycles. The molecule has 0 saturated heterocycles. The molecular formula is C14H20N4. The molecule has 0 aliphatic rings. The average molecular weight is 244 g/mol. The summed E-state index contributed by atoms with van der Waals surface area (Å²) in [5.74, 6) is 1.02. The molecule has 96 valence electrons. The maximum atomic E-state index is 5.60. The molecule has 2 rings (SSSR count). The summed E-state index contributed by atoms with van der Waals surface area (Å²) in [6.45, 7) is 4.84. The van der Waals surface area contributed by atoms with Gasteiger partial charge in [0, 0.05) is 18.5 Å². The summed E-state index contributed by atoms with van der Waals surface area (Å²) in [5, 5.41) is 1.12. The van der Waals surface area contributed by atoms with E-state index >= 15 is 0 Å². The first kappa shape index (κ1) is 12.8. The molecule has 0 bridgehead atoms. The highest BCUT2D eigenvalue weighted by Crippen LogP contribution is 2.22. The molecule has 2 aromatic rings. The van der Waals surface area contributed by atoms with Crippen LogP contribution in [0.5, 0.6) is 0 Å². The van der Waals surface area contributed by atoms with Crippen molar-refractivity contribution >= 4 is 16.7 Å². The van der Waals surface area contributed by atoms with Crippen LogP contribution in [0.25, 0.3) is 10.9 Å². The zero-order valence-electron chi connectivity index (χ0n) is 10.8. The number of aromatic nitrogens is 2. The number of para-hydroxylation sites is 1. The number of benzene rings is 1. The van der Waals surface area contributed by atoms with Crippen molar-refractivity contribution in [1.29, 1.82) is 0 Å². The molecular weight excluding hydrogens is 224 g/mol. The first-order valence-corrected chi connectivity index (χ1v) is 6.51. The Hall–Kier alpha value is -1.68. The van der Waals surface area contributed by atoms with Crippen LogP contribution >= 0.6 is 0 Å². The van der Waals surface area contributed by atoms with Gasteiger partial charge < -0.3 is 10.6 Å². The summed E-state index contributed by atoms with van der Waals surface area (Å²) in [7, 11) is 0. The van der Waals surface area contributed by atoms with Gasteiger partial charge in [0.05, 0.1) is 5.52 Å². The second kappa shape index (κ2) is 6.31. The normalized spacial score (nSPS) is 10.8. The first-order chi connectivity index (χ1) is 8.86. The minimum absolute atomic E-state index is 0.712. The Balaban J connectivity index is 2.36. The van der Waals surface area contributed by atoms with Gasteiger partial charge in [-0.3, -0.25) is 0 Å². The molecule has 0 aliphatic carbocycles. The summed E-state index contributed by atoms with van der Waals surface area (Å²) in [4.78, 5) is 11.1. The molecule has 0 saturated carbocycles. The van der Waals surface area contributed by atoms with Crippen molar-refractivity contribution in [3.05, 3.63) is 30.6 Å². The SMILES string of the molecule is CCCN(CCCN)c1ncnc2ccccc12. The van der Waals surface area contributed by atoms with Gasteiger partial charge in [-0.05, 0) is 31.5 Å². The van der Waals surface area contributed by atoms with Crippen LogP contribution in [0, 0.1) is 0 Å². The van der Waals surface area contributed by atoms with Crippen LogP contribution in [0.2, 0.25) is 0 Å². The molecule has 0 atom stereocenters. The van der Waals surface area contributed by atoms with Gasteiger partial charge in [-0.25, -0.2) is 9.97 Å². The molecule has 0 amide bonds. The number of rotatable bonds is 6. The third-order valence-corrected chi connectivity index (χ3v) is 2.95. The third-order valence-electron chi connectivity index (χ3n) is 2.95. The minimum atomic E-state index is 0.712. The molecule has 1 heterocycles. The standard InChI is InChI=1S/C14H20N4/c1-2-9-18(10-5-8-15)14-12-6-3-4-7-13(12)16-11-17-14/h3-4,6-7,11H,2,5,8-10,15H2,1H3. The number of nitrogens with two attached hydrogens (primary N) is 1. The molecule has 0 aliphatic heterocycles.